The molecule has 0 saturated heterocycles. The molecule has 17 heavy (non-hydrogen) atoms. The van der Waals surface area contributed by atoms with E-state index in [4.69, 9.17) is 11.6 Å². The molecule has 0 aliphatic heterocycles. The minimum Gasteiger partial charge on any atom is -0.337 e. The van der Waals surface area contributed by atoms with E-state index in [0.29, 0.717) is 17.3 Å². The molecule has 3 nitrogen and oxygen atoms in total. The largest absolute Gasteiger partial charge is 0.337 e. The Morgan fingerprint density at radius 2 is 2.29 bits per heavy atom. The second kappa shape index (κ2) is 5.29. The quantitative estimate of drug-likeness (QED) is 0.800. The minimum absolute atomic E-state index is 0.0552. The topological polar surface area (TPSA) is 33.2 Å². The van der Waals surface area contributed by atoms with E-state index < -0.39 is 0 Å². The Balaban J connectivity index is 2.07. The van der Waals surface area contributed by atoms with Crippen molar-refractivity contribution in [3.05, 3.63) is 51.4 Å². The van der Waals surface area contributed by atoms with Crippen molar-refractivity contribution in [2.24, 2.45) is 0 Å². The number of thiophene rings is 1. The third-order valence-electron chi connectivity index (χ3n) is 2.32. The second-order valence-corrected chi connectivity index (χ2v) is 4.83. The third-order valence-corrected chi connectivity index (χ3v) is 3.28. The van der Waals surface area contributed by atoms with Crippen LogP contribution >= 0.6 is 22.9 Å². The number of halogens is 1. The SMILES string of the molecule is CN(Cc1ccsc1)C(=O)c1ccc(Cl)nc1. The molecule has 0 spiro atoms. The van der Waals surface area contributed by atoms with E-state index in [9.17, 15) is 4.79 Å². The van der Waals surface area contributed by atoms with Gasteiger partial charge in [-0.2, -0.15) is 11.3 Å². The highest BCUT2D eigenvalue weighted by Gasteiger charge is 2.12. The van der Waals surface area contributed by atoms with Crippen LogP contribution in [0.15, 0.2) is 35.2 Å². The predicted molar refractivity (Wildman–Crippen MR) is 69.4 cm³/mol. The number of pyridine rings is 1. The summed E-state index contributed by atoms with van der Waals surface area (Å²) in [6.45, 7) is 0.602. The Hall–Kier alpha value is -1.39. The van der Waals surface area contributed by atoms with Crippen LogP contribution < -0.4 is 0 Å². The van der Waals surface area contributed by atoms with Crippen LogP contribution in [-0.4, -0.2) is 22.8 Å². The molecule has 2 heterocycles. The molecular weight excluding hydrogens is 256 g/mol. The maximum atomic E-state index is 12.0. The zero-order chi connectivity index (χ0) is 12.3. The van der Waals surface area contributed by atoms with E-state index in [1.807, 2.05) is 16.8 Å². The van der Waals surface area contributed by atoms with Crippen molar-refractivity contribution in [1.29, 1.82) is 0 Å². The zero-order valence-corrected chi connectivity index (χ0v) is 10.8. The summed E-state index contributed by atoms with van der Waals surface area (Å²) >= 11 is 7.30. The van der Waals surface area contributed by atoms with Crippen molar-refractivity contribution >= 4 is 28.8 Å². The van der Waals surface area contributed by atoms with Gasteiger partial charge >= 0.3 is 0 Å². The van der Waals surface area contributed by atoms with Crippen LogP contribution in [0.3, 0.4) is 0 Å². The molecule has 2 aromatic rings. The summed E-state index contributed by atoms with van der Waals surface area (Å²) in [4.78, 5) is 17.6. The minimum atomic E-state index is -0.0552. The lowest BCUT2D eigenvalue weighted by molar-refractivity contribution is 0.0785. The fourth-order valence-electron chi connectivity index (χ4n) is 1.45. The van der Waals surface area contributed by atoms with Gasteiger partial charge in [-0.25, -0.2) is 4.98 Å². The Kier molecular flexibility index (Phi) is 3.76. The summed E-state index contributed by atoms with van der Waals surface area (Å²) < 4.78 is 0. The summed E-state index contributed by atoms with van der Waals surface area (Å²) in [7, 11) is 1.77. The van der Waals surface area contributed by atoms with Crippen LogP contribution in [0.2, 0.25) is 5.15 Å². The lowest BCUT2D eigenvalue weighted by Gasteiger charge is -2.16. The van der Waals surface area contributed by atoms with Gasteiger partial charge in [0.1, 0.15) is 5.15 Å². The van der Waals surface area contributed by atoms with E-state index in [-0.39, 0.29) is 5.91 Å². The smallest absolute Gasteiger partial charge is 0.255 e. The van der Waals surface area contributed by atoms with Crippen molar-refractivity contribution in [2.75, 3.05) is 7.05 Å². The lowest BCUT2D eigenvalue weighted by Crippen LogP contribution is -2.26. The molecule has 0 fully saturated rings. The molecule has 1 amide bonds. The highest BCUT2D eigenvalue weighted by atomic mass is 35.5. The molecule has 0 unspecified atom stereocenters. The van der Waals surface area contributed by atoms with Crippen molar-refractivity contribution in [1.82, 2.24) is 9.88 Å². The molecule has 0 aromatic carbocycles. The van der Waals surface area contributed by atoms with Gasteiger partial charge in [0.15, 0.2) is 0 Å². The van der Waals surface area contributed by atoms with E-state index in [0.717, 1.165) is 5.56 Å². The van der Waals surface area contributed by atoms with Crippen LogP contribution in [-0.2, 0) is 6.54 Å². The Morgan fingerprint density at radius 3 is 2.88 bits per heavy atom. The zero-order valence-electron chi connectivity index (χ0n) is 9.26. The molecule has 5 heteroatoms. The maximum absolute atomic E-state index is 12.0. The molecule has 0 N–H and O–H groups in total. The molecule has 0 aliphatic rings. The first kappa shape index (κ1) is 12.1. The van der Waals surface area contributed by atoms with Crippen molar-refractivity contribution in [3.63, 3.8) is 0 Å². The Labute approximate surface area is 109 Å². The van der Waals surface area contributed by atoms with Crippen molar-refractivity contribution < 1.29 is 4.79 Å². The number of carbonyl (C=O) groups is 1. The van der Waals surface area contributed by atoms with Gasteiger partial charge in [-0.3, -0.25) is 4.79 Å². The fraction of sp³-hybridized carbons (Fsp3) is 0.167. The average molecular weight is 267 g/mol. The molecule has 0 bridgehead atoms. The standard InChI is InChI=1S/C12H11ClN2OS/c1-15(7-9-4-5-17-8-9)12(16)10-2-3-11(13)14-6-10/h2-6,8H,7H2,1H3. The van der Waals surface area contributed by atoms with Gasteiger partial charge in [0, 0.05) is 19.8 Å². The molecular formula is C12H11ClN2OS. The summed E-state index contributed by atoms with van der Waals surface area (Å²) in [6.07, 6.45) is 1.49. The molecule has 2 rings (SSSR count). The van der Waals surface area contributed by atoms with Crippen molar-refractivity contribution in [3.8, 4) is 0 Å². The molecule has 88 valence electrons. The first-order valence-electron chi connectivity index (χ1n) is 5.05. The Morgan fingerprint density at radius 1 is 1.47 bits per heavy atom. The number of aromatic nitrogens is 1. The van der Waals surface area contributed by atoms with Crippen LogP contribution in [0.25, 0.3) is 0 Å². The van der Waals surface area contributed by atoms with E-state index in [1.54, 1.807) is 35.4 Å². The highest BCUT2D eigenvalue weighted by molar-refractivity contribution is 7.07. The van der Waals surface area contributed by atoms with Crippen LogP contribution in [0.4, 0.5) is 0 Å². The lowest BCUT2D eigenvalue weighted by atomic mass is 10.2. The van der Waals surface area contributed by atoms with Crippen LogP contribution in [0.1, 0.15) is 15.9 Å². The van der Waals surface area contributed by atoms with Gasteiger partial charge in [0.05, 0.1) is 5.56 Å². The molecule has 0 aliphatic carbocycles. The second-order valence-electron chi connectivity index (χ2n) is 3.66. The van der Waals surface area contributed by atoms with Crippen molar-refractivity contribution in [2.45, 2.75) is 6.54 Å². The van der Waals surface area contributed by atoms with Gasteiger partial charge in [0.2, 0.25) is 0 Å². The summed E-state index contributed by atoms with van der Waals surface area (Å²) in [5.41, 5.74) is 1.68. The molecule has 0 saturated carbocycles. The van der Waals surface area contributed by atoms with E-state index in [2.05, 4.69) is 4.98 Å². The summed E-state index contributed by atoms with van der Waals surface area (Å²) in [6, 6.07) is 5.31. The third kappa shape index (κ3) is 3.05. The number of nitrogens with zero attached hydrogens (tertiary/aromatic N) is 2. The number of hydrogen-bond donors (Lipinski definition) is 0. The van der Waals surface area contributed by atoms with Crippen LogP contribution in [0.5, 0.6) is 0 Å². The first-order valence-corrected chi connectivity index (χ1v) is 6.37. The normalized spacial score (nSPS) is 10.2. The van der Waals surface area contributed by atoms with Gasteiger partial charge in [0.25, 0.3) is 5.91 Å². The summed E-state index contributed by atoms with van der Waals surface area (Å²) in [5.74, 6) is -0.0552. The number of hydrogen-bond acceptors (Lipinski definition) is 3. The van der Waals surface area contributed by atoms with Gasteiger partial charge in [-0.15, -0.1) is 0 Å². The summed E-state index contributed by atoms with van der Waals surface area (Å²) in [5, 5.41) is 4.42. The Bertz CT molecular complexity index is 496. The fourth-order valence-corrected chi connectivity index (χ4v) is 2.22. The maximum Gasteiger partial charge on any atom is 0.255 e. The molecule has 0 radical (unpaired) electrons. The van der Waals surface area contributed by atoms with E-state index >= 15 is 0 Å². The molecule has 0 atom stereocenters. The number of amides is 1. The monoisotopic (exact) mass is 266 g/mol. The number of carbonyl (C=O) groups excluding carboxylic acids is 1. The van der Waals surface area contributed by atoms with Crippen LogP contribution in [0, 0.1) is 0 Å². The van der Waals surface area contributed by atoms with Gasteiger partial charge in [-0.1, -0.05) is 11.6 Å². The number of rotatable bonds is 3. The highest BCUT2D eigenvalue weighted by Crippen LogP contribution is 2.12. The van der Waals surface area contributed by atoms with E-state index in [1.165, 1.54) is 6.20 Å². The van der Waals surface area contributed by atoms with Gasteiger partial charge < -0.3 is 4.90 Å². The molecule has 2 aromatic heterocycles. The van der Waals surface area contributed by atoms with Gasteiger partial charge in [-0.05, 0) is 34.5 Å². The predicted octanol–water partition coefficient (Wildman–Crippen LogP) is 3.07. The average Bonchev–Trinajstić information content (AvgIpc) is 2.82. The first-order chi connectivity index (χ1) is 8.16.